The minimum atomic E-state index is 1.17. The van der Waals surface area contributed by atoms with E-state index in [-0.39, 0.29) is 0 Å². The minimum Gasteiger partial charge on any atom is -0.282 e. The second-order valence-electron chi connectivity index (χ2n) is 6.80. The van der Waals surface area contributed by atoms with Crippen LogP contribution in [0.1, 0.15) is 78.8 Å². The molecule has 4 heteroatoms. The van der Waals surface area contributed by atoms with Gasteiger partial charge in [-0.2, -0.15) is 10.2 Å². The Balaban J connectivity index is 1.48. The fourth-order valence-electron chi connectivity index (χ4n) is 3.37. The maximum absolute atomic E-state index is 4.27. The van der Waals surface area contributed by atoms with Crippen molar-refractivity contribution in [3.8, 4) is 0 Å². The second kappa shape index (κ2) is 8.90. The lowest BCUT2D eigenvalue weighted by Gasteiger charge is -2.04. The molecule has 2 rings (SSSR count). The van der Waals surface area contributed by atoms with Gasteiger partial charge in [0.05, 0.1) is 11.4 Å². The molecule has 0 saturated carbocycles. The molecule has 0 fully saturated rings. The highest BCUT2D eigenvalue weighted by Crippen LogP contribution is 2.16. The first-order chi connectivity index (χ1) is 11.1. The molecule has 0 unspecified atom stereocenters. The number of aryl methyl sites for hydroxylation is 4. The van der Waals surface area contributed by atoms with Crippen LogP contribution in [-0.2, 0) is 12.8 Å². The number of nitrogens with one attached hydrogen (secondary N) is 2. The standard InChI is InChI=1S/C19H32N4/c1-14-18(15(2)21-20-14)12-10-8-6-5-7-9-11-13-19-16(3)22-23-17(19)4/h5-13H2,1-4H3,(H,20,21)(H,22,23). The van der Waals surface area contributed by atoms with Gasteiger partial charge in [-0.05, 0) is 64.5 Å². The van der Waals surface area contributed by atoms with Crippen LogP contribution in [0.2, 0.25) is 0 Å². The Bertz CT molecular complexity index is 503. The third-order valence-electron chi connectivity index (χ3n) is 4.91. The van der Waals surface area contributed by atoms with E-state index in [0.717, 1.165) is 0 Å². The summed E-state index contributed by atoms with van der Waals surface area (Å²) in [6.45, 7) is 8.45. The zero-order valence-electron chi connectivity index (χ0n) is 15.3. The molecule has 0 spiro atoms. The molecule has 128 valence electrons. The highest BCUT2D eigenvalue weighted by molar-refractivity contribution is 5.23. The van der Waals surface area contributed by atoms with Gasteiger partial charge >= 0.3 is 0 Å². The maximum atomic E-state index is 4.27. The van der Waals surface area contributed by atoms with Crippen molar-refractivity contribution < 1.29 is 0 Å². The van der Waals surface area contributed by atoms with E-state index in [1.54, 1.807) is 0 Å². The number of hydrogen-bond acceptors (Lipinski definition) is 2. The van der Waals surface area contributed by atoms with Gasteiger partial charge in [-0.15, -0.1) is 0 Å². The molecule has 0 atom stereocenters. The monoisotopic (exact) mass is 316 g/mol. The Labute approximate surface area is 140 Å². The second-order valence-corrected chi connectivity index (χ2v) is 6.80. The van der Waals surface area contributed by atoms with Crippen molar-refractivity contribution in [2.75, 3.05) is 0 Å². The van der Waals surface area contributed by atoms with Crippen LogP contribution in [0.25, 0.3) is 0 Å². The summed E-state index contributed by atoms with van der Waals surface area (Å²) in [5.41, 5.74) is 7.69. The quantitative estimate of drug-likeness (QED) is 0.614. The van der Waals surface area contributed by atoms with E-state index in [4.69, 9.17) is 0 Å². The van der Waals surface area contributed by atoms with E-state index in [2.05, 4.69) is 48.1 Å². The Morgan fingerprint density at radius 1 is 0.565 bits per heavy atom. The van der Waals surface area contributed by atoms with Crippen LogP contribution in [0.3, 0.4) is 0 Å². The molecule has 0 amide bonds. The van der Waals surface area contributed by atoms with Gasteiger partial charge in [0.2, 0.25) is 0 Å². The molecule has 0 radical (unpaired) electrons. The zero-order valence-corrected chi connectivity index (χ0v) is 15.3. The topological polar surface area (TPSA) is 57.4 Å². The number of aromatic amines is 2. The van der Waals surface area contributed by atoms with Crippen LogP contribution in [0.15, 0.2) is 0 Å². The molecule has 0 aliphatic rings. The van der Waals surface area contributed by atoms with Crippen LogP contribution in [-0.4, -0.2) is 20.4 Å². The number of rotatable bonds is 10. The Hall–Kier alpha value is -1.58. The summed E-state index contributed by atoms with van der Waals surface area (Å²) in [5.74, 6) is 0. The summed E-state index contributed by atoms with van der Waals surface area (Å²) in [4.78, 5) is 0. The van der Waals surface area contributed by atoms with Crippen molar-refractivity contribution in [3.05, 3.63) is 33.9 Å². The first-order valence-electron chi connectivity index (χ1n) is 9.10. The number of nitrogens with zero attached hydrogens (tertiary/aromatic N) is 2. The van der Waals surface area contributed by atoms with Gasteiger partial charge in [0.25, 0.3) is 0 Å². The number of H-pyrrole nitrogens is 2. The third kappa shape index (κ3) is 5.22. The van der Waals surface area contributed by atoms with E-state index in [1.807, 2.05) is 0 Å². The SMILES string of the molecule is Cc1n[nH]c(C)c1CCCCCCCCCc1c(C)n[nH]c1C. The van der Waals surface area contributed by atoms with Crippen LogP contribution in [0, 0.1) is 27.7 Å². The Morgan fingerprint density at radius 3 is 1.22 bits per heavy atom. The zero-order chi connectivity index (χ0) is 16.7. The van der Waals surface area contributed by atoms with Crippen LogP contribution < -0.4 is 0 Å². The normalized spacial score (nSPS) is 11.3. The van der Waals surface area contributed by atoms with Gasteiger partial charge in [0.1, 0.15) is 0 Å². The van der Waals surface area contributed by atoms with Crippen molar-refractivity contribution in [2.45, 2.75) is 85.5 Å². The van der Waals surface area contributed by atoms with Crippen molar-refractivity contribution >= 4 is 0 Å². The first-order valence-corrected chi connectivity index (χ1v) is 9.10. The number of hydrogen-bond donors (Lipinski definition) is 2. The van der Waals surface area contributed by atoms with Crippen molar-refractivity contribution in [1.29, 1.82) is 0 Å². The summed E-state index contributed by atoms with van der Waals surface area (Å²) in [5, 5.41) is 14.7. The van der Waals surface area contributed by atoms with Gasteiger partial charge < -0.3 is 0 Å². The molecule has 0 aliphatic carbocycles. The highest BCUT2D eigenvalue weighted by atomic mass is 15.1. The first kappa shape index (κ1) is 17.8. The average Bonchev–Trinajstić information content (AvgIpc) is 3.02. The molecule has 2 aromatic heterocycles. The van der Waals surface area contributed by atoms with Crippen LogP contribution in [0.5, 0.6) is 0 Å². The molecule has 2 N–H and O–H groups in total. The molecule has 0 aromatic carbocycles. The van der Waals surface area contributed by atoms with Crippen LogP contribution >= 0.6 is 0 Å². The fourth-order valence-corrected chi connectivity index (χ4v) is 3.37. The molecular formula is C19H32N4. The summed E-state index contributed by atoms with van der Waals surface area (Å²) in [6, 6.07) is 0. The summed E-state index contributed by atoms with van der Waals surface area (Å²) >= 11 is 0. The lowest BCUT2D eigenvalue weighted by Crippen LogP contribution is -1.91. The summed E-state index contributed by atoms with van der Waals surface area (Å²) < 4.78 is 0. The predicted molar refractivity (Wildman–Crippen MR) is 95.9 cm³/mol. The molecule has 0 bridgehead atoms. The van der Waals surface area contributed by atoms with Crippen molar-refractivity contribution in [2.24, 2.45) is 0 Å². The highest BCUT2D eigenvalue weighted by Gasteiger charge is 2.06. The maximum Gasteiger partial charge on any atom is 0.0625 e. The lowest BCUT2D eigenvalue weighted by atomic mass is 10.0. The van der Waals surface area contributed by atoms with Gasteiger partial charge in [-0.25, -0.2) is 0 Å². The summed E-state index contributed by atoms with van der Waals surface area (Å²) in [7, 11) is 0. The lowest BCUT2D eigenvalue weighted by molar-refractivity contribution is 0.578. The molecule has 0 saturated heterocycles. The molecular weight excluding hydrogens is 284 g/mol. The fraction of sp³-hybridized carbons (Fsp3) is 0.684. The molecule has 23 heavy (non-hydrogen) atoms. The van der Waals surface area contributed by atoms with Gasteiger partial charge in [-0.1, -0.05) is 32.1 Å². The molecule has 2 aromatic rings. The number of aromatic nitrogens is 4. The van der Waals surface area contributed by atoms with Crippen molar-refractivity contribution in [3.63, 3.8) is 0 Å². The van der Waals surface area contributed by atoms with E-state index >= 15 is 0 Å². The van der Waals surface area contributed by atoms with Gasteiger partial charge in [-0.3, -0.25) is 10.2 Å². The number of unbranched alkanes of at least 4 members (excludes halogenated alkanes) is 6. The minimum absolute atomic E-state index is 1.17. The van der Waals surface area contributed by atoms with E-state index < -0.39 is 0 Å². The Kier molecular flexibility index (Phi) is 6.87. The molecule has 2 heterocycles. The van der Waals surface area contributed by atoms with E-state index in [0.29, 0.717) is 0 Å². The Morgan fingerprint density at radius 2 is 0.913 bits per heavy atom. The molecule has 0 aliphatic heterocycles. The molecule has 4 nitrogen and oxygen atoms in total. The smallest absolute Gasteiger partial charge is 0.0625 e. The summed E-state index contributed by atoms with van der Waals surface area (Å²) in [6.07, 6.45) is 11.7. The average molecular weight is 316 g/mol. The van der Waals surface area contributed by atoms with E-state index in [9.17, 15) is 0 Å². The third-order valence-corrected chi connectivity index (χ3v) is 4.91. The van der Waals surface area contributed by atoms with Gasteiger partial charge in [0.15, 0.2) is 0 Å². The van der Waals surface area contributed by atoms with Crippen LogP contribution in [0.4, 0.5) is 0 Å². The predicted octanol–water partition coefficient (Wildman–Crippen LogP) is 4.88. The van der Waals surface area contributed by atoms with Gasteiger partial charge in [0, 0.05) is 11.4 Å². The largest absolute Gasteiger partial charge is 0.282 e. The van der Waals surface area contributed by atoms with E-state index in [1.165, 1.54) is 91.7 Å². The van der Waals surface area contributed by atoms with Crippen molar-refractivity contribution in [1.82, 2.24) is 20.4 Å².